The Labute approximate surface area is 417 Å². The molecule has 0 radical (unpaired) electrons. The van der Waals surface area contributed by atoms with E-state index in [4.69, 9.17) is 5.73 Å². The molecular weight excluding hydrogens is 921 g/mol. The Kier molecular flexibility index (Phi) is 23.9. The Morgan fingerprint density at radius 3 is 2.04 bits per heavy atom. The Bertz CT molecular complexity index is 1910. The highest BCUT2D eigenvalue weighted by Gasteiger charge is 2.47. The summed E-state index contributed by atoms with van der Waals surface area (Å²) in [6.45, 7) is 7.50. The number of aliphatic hydroxyl groups is 5. The van der Waals surface area contributed by atoms with Gasteiger partial charge in [0.2, 0.25) is 41.4 Å². The molecule has 3 saturated heterocycles. The first-order valence-electron chi connectivity index (χ1n) is 25.8. The maximum atomic E-state index is 14.3. The standard InChI is InChI=1S/C50H82N8O13/c1-5-29(2)26-30(3)14-10-8-6-7-9-11-17-39(63)53-35-15-12-24-52-46(67)36-16-13-25-57(36)50(71)41(38(62)22-23-51)55-48(69)42(44(65)43(64)32-18-20-33(60)21-19-32)56-47(68)37-27-34(61)28-58(37)49(70)40(31(4)59)54-45(35)66/h18-21,29-31,34-38,40-44,59-62,64-65H,5-17,22-28,51H2,1-4H3,(H,52,67)(H,53,63)(H,54,66)(H,55,69)(H,56,68). The van der Waals surface area contributed by atoms with Crippen molar-refractivity contribution in [2.75, 3.05) is 26.2 Å². The second-order valence-electron chi connectivity index (χ2n) is 20.0. The number of benzene rings is 1. The van der Waals surface area contributed by atoms with Gasteiger partial charge >= 0.3 is 0 Å². The number of carbonyl (C=O) groups is 7. The molecule has 0 aromatic heterocycles. The summed E-state index contributed by atoms with van der Waals surface area (Å²) >= 11 is 0. The molecule has 3 fully saturated rings. The first-order valence-corrected chi connectivity index (χ1v) is 25.8. The monoisotopic (exact) mass is 1000 g/mol. The van der Waals surface area contributed by atoms with E-state index in [0.29, 0.717) is 18.8 Å². The van der Waals surface area contributed by atoms with E-state index in [9.17, 15) is 64.2 Å². The fourth-order valence-corrected chi connectivity index (χ4v) is 9.75. The average Bonchev–Trinajstić information content (AvgIpc) is 3.99. The van der Waals surface area contributed by atoms with Gasteiger partial charge in [-0.2, -0.15) is 0 Å². The van der Waals surface area contributed by atoms with Crippen molar-refractivity contribution in [2.45, 2.75) is 197 Å². The smallest absolute Gasteiger partial charge is 0.248 e. The van der Waals surface area contributed by atoms with Crippen molar-refractivity contribution >= 4 is 41.4 Å². The minimum atomic E-state index is -2.19. The molecule has 21 nitrogen and oxygen atoms in total. The summed E-state index contributed by atoms with van der Waals surface area (Å²) in [6.07, 6.45) is 0.890. The Morgan fingerprint density at radius 2 is 1.38 bits per heavy atom. The van der Waals surface area contributed by atoms with Gasteiger partial charge in [-0.3, -0.25) is 33.6 Å². The van der Waals surface area contributed by atoms with E-state index in [-0.39, 0.29) is 63.1 Å². The molecule has 13 unspecified atom stereocenters. The van der Waals surface area contributed by atoms with Crippen molar-refractivity contribution in [3.05, 3.63) is 29.8 Å². The van der Waals surface area contributed by atoms with Crippen LogP contribution in [0.25, 0.3) is 0 Å². The van der Waals surface area contributed by atoms with Crippen LogP contribution in [0.3, 0.4) is 0 Å². The lowest BCUT2D eigenvalue weighted by Gasteiger charge is -2.34. The Balaban J connectivity index is 1.60. The molecular formula is C50H82N8O13. The molecule has 0 saturated carbocycles. The lowest BCUT2D eigenvalue weighted by molar-refractivity contribution is -0.147. The summed E-state index contributed by atoms with van der Waals surface area (Å²) < 4.78 is 0. The number of carbonyl (C=O) groups excluding carboxylic acids is 7. The van der Waals surface area contributed by atoms with Crippen LogP contribution >= 0.6 is 0 Å². The molecule has 3 aliphatic heterocycles. The van der Waals surface area contributed by atoms with Gasteiger partial charge in [0.1, 0.15) is 54.2 Å². The van der Waals surface area contributed by atoms with E-state index >= 15 is 0 Å². The number of phenolic OH excluding ortho intramolecular Hbond substituents is 1. The number of nitrogens with two attached hydrogens (primary N) is 1. The fourth-order valence-electron chi connectivity index (χ4n) is 9.75. The second kappa shape index (κ2) is 28.9. The lowest BCUT2D eigenvalue weighted by atomic mass is 9.91. The van der Waals surface area contributed by atoms with Gasteiger partial charge in [0, 0.05) is 32.5 Å². The number of aliphatic hydroxyl groups excluding tert-OH is 5. The van der Waals surface area contributed by atoms with Gasteiger partial charge in [-0.1, -0.05) is 77.8 Å². The predicted octanol–water partition coefficient (Wildman–Crippen LogP) is -0.128. The van der Waals surface area contributed by atoms with Gasteiger partial charge in [-0.25, -0.2) is 0 Å². The third-order valence-electron chi connectivity index (χ3n) is 14.1. The number of unbranched alkanes of at least 4 members (excludes halogenated alkanes) is 5. The van der Waals surface area contributed by atoms with Gasteiger partial charge in [-0.05, 0) is 87.9 Å². The van der Waals surface area contributed by atoms with E-state index < -0.39 is 121 Å². The fraction of sp³-hybridized carbons (Fsp3) is 0.740. The molecule has 3 aliphatic rings. The summed E-state index contributed by atoms with van der Waals surface area (Å²) in [5.41, 5.74) is 5.74. The maximum absolute atomic E-state index is 14.3. The third kappa shape index (κ3) is 17.4. The quantitative estimate of drug-likeness (QED) is 0.0758. The SMILES string of the molecule is CCC(C)CC(C)CCCCCCCCC(=O)NC1CCCNC(=O)C2CCCN2C(=O)C(C(O)CCN)NC(=O)C(C(O)C(O)c2ccc(O)cc2)NC(=O)C2CC(O)CN2C(=O)C(C(C)O)NC1=O. The highest BCUT2D eigenvalue weighted by Crippen LogP contribution is 2.26. The molecule has 0 spiro atoms. The van der Waals surface area contributed by atoms with Gasteiger partial charge in [0.25, 0.3) is 0 Å². The number of rotatable bonds is 20. The van der Waals surface area contributed by atoms with E-state index in [1.54, 1.807) is 0 Å². The molecule has 4 rings (SSSR count). The van der Waals surface area contributed by atoms with Crippen molar-refractivity contribution < 1.29 is 64.2 Å². The van der Waals surface area contributed by atoms with E-state index in [1.807, 2.05) is 0 Å². The first kappa shape index (κ1) is 58.6. The molecule has 3 heterocycles. The van der Waals surface area contributed by atoms with Crippen LogP contribution < -0.4 is 32.3 Å². The van der Waals surface area contributed by atoms with Gasteiger partial charge in [-0.15, -0.1) is 0 Å². The molecule has 1 aromatic rings. The molecule has 13 atom stereocenters. The van der Waals surface area contributed by atoms with Crippen molar-refractivity contribution in [2.24, 2.45) is 17.6 Å². The van der Waals surface area contributed by atoms with Crippen LogP contribution in [-0.2, 0) is 33.6 Å². The van der Waals surface area contributed by atoms with Crippen LogP contribution in [0.4, 0.5) is 0 Å². The number of nitrogens with zero attached hydrogens (tertiary/aromatic N) is 2. The van der Waals surface area contributed by atoms with Crippen LogP contribution in [0.5, 0.6) is 5.75 Å². The molecule has 13 N–H and O–H groups in total. The van der Waals surface area contributed by atoms with Crippen LogP contribution in [0.1, 0.15) is 142 Å². The molecule has 71 heavy (non-hydrogen) atoms. The largest absolute Gasteiger partial charge is 0.508 e. The first-order chi connectivity index (χ1) is 33.8. The summed E-state index contributed by atoms with van der Waals surface area (Å²) in [6, 6.07) is -4.55. The van der Waals surface area contributed by atoms with Crippen molar-refractivity contribution in [3.63, 3.8) is 0 Å². The number of aromatic hydroxyl groups is 1. The van der Waals surface area contributed by atoms with Gasteiger partial charge in [0.15, 0.2) is 0 Å². The Morgan fingerprint density at radius 1 is 0.746 bits per heavy atom. The number of amides is 7. The maximum Gasteiger partial charge on any atom is 0.248 e. The Hall–Kier alpha value is -4.93. The van der Waals surface area contributed by atoms with E-state index in [1.165, 1.54) is 55.4 Å². The molecule has 0 bridgehead atoms. The predicted molar refractivity (Wildman–Crippen MR) is 261 cm³/mol. The molecule has 7 amide bonds. The number of phenols is 1. The number of hydrogen-bond donors (Lipinski definition) is 12. The molecule has 1 aromatic carbocycles. The minimum Gasteiger partial charge on any atom is -0.508 e. The number of nitrogens with one attached hydrogen (secondary N) is 5. The number of fused-ring (bicyclic) bond motifs is 2. The summed E-state index contributed by atoms with van der Waals surface area (Å²) in [5.74, 6) is -4.84. The van der Waals surface area contributed by atoms with Crippen molar-refractivity contribution in [3.8, 4) is 5.75 Å². The zero-order chi connectivity index (χ0) is 52.4. The van der Waals surface area contributed by atoms with E-state index in [0.717, 1.165) is 42.9 Å². The van der Waals surface area contributed by atoms with Crippen LogP contribution in [-0.4, -0.2) is 169 Å². The molecule has 0 aliphatic carbocycles. The number of hydrogen-bond acceptors (Lipinski definition) is 14. The highest BCUT2D eigenvalue weighted by atomic mass is 16.3. The van der Waals surface area contributed by atoms with Gasteiger partial charge < -0.3 is 72.8 Å². The molecule has 400 valence electrons. The van der Waals surface area contributed by atoms with Crippen LogP contribution in [0.15, 0.2) is 24.3 Å². The topological polar surface area (TPSA) is 334 Å². The average molecular weight is 1000 g/mol. The van der Waals surface area contributed by atoms with Crippen LogP contribution in [0, 0.1) is 11.8 Å². The van der Waals surface area contributed by atoms with E-state index in [2.05, 4.69) is 47.4 Å². The van der Waals surface area contributed by atoms with Crippen LogP contribution in [0.2, 0.25) is 0 Å². The summed E-state index contributed by atoms with van der Waals surface area (Å²) in [5, 5.41) is 78.6. The third-order valence-corrected chi connectivity index (χ3v) is 14.1. The second-order valence-corrected chi connectivity index (χ2v) is 20.0. The zero-order valence-electron chi connectivity index (χ0n) is 42.0. The highest BCUT2D eigenvalue weighted by molar-refractivity contribution is 5.98. The van der Waals surface area contributed by atoms with Crippen molar-refractivity contribution in [1.82, 2.24) is 36.4 Å². The summed E-state index contributed by atoms with van der Waals surface area (Å²) in [7, 11) is 0. The minimum absolute atomic E-state index is 0.00174. The zero-order valence-corrected chi connectivity index (χ0v) is 42.0. The summed E-state index contributed by atoms with van der Waals surface area (Å²) in [4.78, 5) is 100. The normalized spacial score (nSPS) is 26.9. The van der Waals surface area contributed by atoms with Gasteiger partial charge in [0.05, 0.1) is 18.3 Å². The molecule has 21 heteroatoms. The van der Waals surface area contributed by atoms with Crippen molar-refractivity contribution in [1.29, 1.82) is 0 Å². The lowest BCUT2D eigenvalue weighted by Crippen LogP contribution is -2.64.